The fraction of sp³-hybridized carbons (Fsp3) is 0.333. The van der Waals surface area contributed by atoms with E-state index in [9.17, 15) is 9.59 Å². The standard InChI is InChI=1S/C18H21N5O2/c1-11-5-6-14-16(24)15(10-20-17(14)21-11)18(25)19-7-4-8-23-13(3)9-12(2)22-23/h5-6,9-10H,4,7-8H2,1-3H3,(H,19,25)(H,20,21,24). The lowest BCUT2D eigenvalue weighted by atomic mass is 10.2. The van der Waals surface area contributed by atoms with Gasteiger partial charge in [0.25, 0.3) is 5.91 Å². The first-order valence-electron chi connectivity index (χ1n) is 8.24. The van der Waals surface area contributed by atoms with Gasteiger partial charge in [0.2, 0.25) is 5.43 Å². The van der Waals surface area contributed by atoms with Crippen molar-refractivity contribution in [3.8, 4) is 0 Å². The minimum atomic E-state index is -0.378. The SMILES string of the molecule is Cc1ccc2c(=O)c(C(=O)NCCCn3nc(C)cc3C)c[nH]c2n1. The zero-order chi connectivity index (χ0) is 18.0. The molecule has 0 aromatic carbocycles. The summed E-state index contributed by atoms with van der Waals surface area (Å²) in [5, 5.41) is 7.59. The molecular formula is C18H21N5O2. The quantitative estimate of drug-likeness (QED) is 0.694. The van der Waals surface area contributed by atoms with Crippen molar-refractivity contribution in [2.75, 3.05) is 6.54 Å². The Balaban J connectivity index is 1.64. The maximum atomic E-state index is 12.4. The number of pyridine rings is 2. The first kappa shape index (κ1) is 16.9. The number of carbonyl (C=O) groups is 1. The molecular weight excluding hydrogens is 318 g/mol. The Kier molecular flexibility index (Phi) is 4.65. The van der Waals surface area contributed by atoms with Gasteiger partial charge in [0, 0.05) is 30.7 Å². The summed E-state index contributed by atoms with van der Waals surface area (Å²) in [5.74, 6) is -0.378. The van der Waals surface area contributed by atoms with Gasteiger partial charge in [0.05, 0.1) is 11.1 Å². The maximum absolute atomic E-state index is 12.4. The van der Waals surface area contributed by atoms with Crippen LogP contribution in [0.15, 0.2) is 29.2 Å². The average Bonchev–Trinajstić information content (AvgIpc) is 2.89. The number of carbonyl (C=O) groups excluding carboxylic acids is 1. The van der Waals surface area contributed by atoms with Gasteiger partial charge in [-0.3, -0.25) is 14.3 Å². The molecule has 7 nitrogen and oxygen atoms in total. The van der Waals surface area contributed by atoms with Crippen LogP contribution >= 0.6 is 0 Å². The molecule has 0 fully saturated rings. The third-order valence-electron chi connectivity index (χ3n) is 4.06. The molecule has 0 atom stereocenters. The molecule has 3 aromatic rings. The lowest BCUT2D eigenvalue weighted by molar-refractivity contribution is 0.0951. The number of aryl methyl sites for hydroxylation is 4. The van der Waals surface area contributed by atoms with Crippen molar-refractivity contribution in [3.63, 3.8) is 0 Å². The molecule has 0 bridgehead atoms. The molecule has 0 aliphatic heterocycles. The monoisotopic (exact) mass is 339 g/mol. The molecule has 0 aliphatic carbocycles. The van der Waals surface area contributed by atoms with Crippen LogP contribution in [0.3, 0.4) is 0 Å². The molecule has 3 aromatic heterocycles. The van der Waals surface area contributed by atoms with Gasteiger partial charge < -0.3 is 10.3 Å². The fourth-order valence-corrected chi connectivity index (χ4v) is 2.80. The third-order valence-corrected chi connectivity index (χ3v) is 4.06. The van der Waals surface area contributed by atoms with Crippen molar-refractivity contribution in [3.05, 3.63) is 57.3 Å². The highest BCUT2D eigenvalue weighted by Crippen LogP contribution is 2.07. The second-order valence-corrected chi connectivity index (χ2v) is 6.14. The van der Waals surface area contributed by atoms with Gasteiger partial charge in [-0.2, -0.15) is 5.10 Å². The van der Waals surface area contributed by atoms with E-state index >= 15 is 0 Å². The molecule has 7 heteroatoms. The van der Waals surface area contributed by atoms with Crippen molar-refractivity contribution in [2.45, 2.75) is 33.7 Å². The number of nitrogens with one attached hydrogen (secondary N) is 2. The van der Waals surface area contributed by atoms with Gasteiger partial charge in [-0.05, 0) is 45.4 Å². The molecule has 0 spiro atoms. The summed E-state index contributed by atoms with van der Waals surface area (Å²) in [7, 11) is 0. The number of rotatable bonds is 5. The van der Waals surface area contributed by atoms with Gasteiger partial charge >= 0.3 is 0 Å². The normalized spacial score (nSPS) is 11.0. The smallest absolute Gasteiger partial charge is 0.256 e. The minimum Gasteiger partial charge on any atom is -0.352 e. The highest BCUT2D eigenvalue weighted by atomic mass is 16.2. The third kappa shape index (κ3) is 3.60. The molecule has 0 saturated heterocycles. The van der Waals surface area contributed by atoms with Crippen LogP contribution in [0.4, 0.5) is 0 Å². The summed E-state index contributed by atoms with van der Waals surface area (Å²) >= 11 is 0. The van der Waals surface area contributed by atoms with Crippen LogP contribution in [0.25, 0.3) is 11.0 Å². The Morgan fingerprint density at radius 1 is 1.24 bits per heavy atom. The van der Waals surface area contributed by atoms with Crippen LogP contribution in [0.5, 0.6) is 0 Å². The number of fused-ring (bicyclic) bond motifs is 1. The van der Waals surface area contributed by atoms with Gasteiger partial charge in [-0.15, -0.1) is 0 Å². The molecule has 130 valence electrons. The van der Waals surface area contributed by atoms with Crippen molar-refractivity contribution in [1.29, 1.82) is 0 Å². The number of nitrogens with zero attached hydrogens (tertiary/aromatic N) is 3. The highest BCUT2D eigenvalue weighted by molar-refractivity contribution is 5.96. The zero-order valence-electron chi connectivity index (χ0n) is 14.6. The van der Waals surface area contributed by atoms with E-state index in [2.05, 4.69) is 20.4 Å². The fourth-order valence-electron chi connectivity index (χ4n) is 2.80. The minimum absolute atomic E-state index is 0.101. The summed E-state index contributed by atoms with van der Waals surface area (Å²) in [5.41, 5.74) is 3.17. The maximum Gasteiger partial charge on any atom is 0.256 e. The largest absolute Gasteiger partial charge is 0.352 e. The summed E-state index contributed by atoms with van der Waals surface area (Å²) in [4.78, 5) is 31.9. The van der Waals surface area contributed by atoms with Gasteiger partial charge in [-0.25, -0.2) is 4.98 Å². The van der Waals surface area contributed by atoms with E-state index in [0.29, 0.717) is 17.6 Å². The first-order chi connectivity index (χ1) is 12.0. The number of hydrogen-bond acceptors (Lipinski definition) is 4. The van der Waals surface area contributed by atoms with E-state index < -0.39 is 0 Å². The van der Waals surface area contributed by atoms with E-state index in [1.54, 1.807) is 12.1 Å². The molecule has 3 heterocycles. The Labute approximate surface area is 145 Å². The zero-order valence-corrected chi connectivity index (χ0v) is 14.6. The Hall–Kier alpha value is -2.96. The van der Waals surface area contributed by atoms with Crippen molar-refractivity contribution < 1.29 is 4.79 Å². The Morgan fingerprint density at radius 2 is 2.04 bits per heavy atom. The first-order valence-corrected chi connectivity index (χ1v) is 8.24. The van der Waals surface area contributed by atoms with E-state index in [4.69, 9.17) is 0 Å². The van der Waals surface area contributed by atoms with E-state index in [0.717, 1.165) is 30.0 Å². The summed E-state index contributed by atoms with van der Waals surface area (Å²) < 4.78 is 1.92. The molecule has 0 saturated carbocycles. The topological polar surface area (TPSA) is 92.7 Å². The second kappa shape index (κ2) is 6.88. The predicted molar refractivity (Wildman–Crippen MR) is 95.8 cm³/mol. The highest BCUT2D eigenvalue weighted by Gasteiger charge is 2.13. The molecule has 3 rings (SSSR count). The lowest BCUT2D eigenvalue weighted by Gasteiger charge is -2.07. The summed E-state index contributed by atoms with van der Waals surface area (Å²) in [6.45, 7) is 7.00. The average molecular weight is 339 g/mol. The number of amides is 1. The van der Waals surface area contributed by atoms with E-state index in [1.807, 2.05) is 31.5 Å². The van der Waals surface area contributed by atoms with Gasteiger partial charge in [0.1, 0.15) is 11.2 Å². The van der Waals surface area contributed by atoms with Crippen LogP contribution in [-0.2, 0) is 6.54 Å². The number of aromatic amines is 1. The number of hydrogen-bond donors (Lipinski definition) is 2. The van der Waals surface area contributed by atoms with Crippen LogP contribution in [0.1, 0.15) is 33.9 Å². The predicted octanol–water partition coefficient (Wildman–Crippen LogP) is 1.86. The number of H-pyrrole nitrogens is 1. The molecule has 2 N–H and O–H groups in total. The summed E-state index contributed by atoms with van der Waals surface area (Å²) in [6.07, 6.45) is 2.16. The van der Waals surface area contributed by atoms with Crippen molar-refractivity contribution in [1.82, 2.24) is 25.1 Å². The van der Waals surface area contributed by atoms with E-state index in [-0.39, 0.29) is 16.9 Å². The molecule has 1 amide bonds. The van der Waals surface area contributed by atoms with Gasteiger partial charge in [0.15, 0.2) is 0 Å². The Morgan fingerprint density at radius 3 is 2.76 bits per heavy atom. The molecule has 0 unspecified atom stereocenters. The van der Waals surface area contributed by atoms with Crippen LogP contribution in [-0.4, -0.2) is 32.2 Å². The number of aromatic nitrogens is 4. The summed E-state index contributed by atoms with van der Waals surface area (Å²) in [6, 6.07) is 5.46. The molecule has 0 aliphatic rings. The van der Waals surface area contributed by atoms with Gasteiger partial charge in [-0.1, -0.05) is 0 Å². The van der Waals surface area contributed by atoms with Crippen molar-refractivity contribution in [2.24, 2.45) is 0 Å². The van der Waals surface area contributed by atoms with E-state index in [1.165, 1.54) is 6.20 Å². The molecule has 25 heavy (non-hydrogen) atoms. The van der Waals surface area contributed by atoms with Crippen LogP contribution in [0, 0.1) is 20.8 Å². The van der Waals surface area contributed by atoms with Crippen LogP contribution < -0.4 is 10.7 Å². The van der Waals surface area contributed by atoms with Crippen LogP contribution in [0.2, 0.25) is 0 Å². The van der Waals surface area contributed by atoms with Crippen molar-refractivity contribution >= 4 is 16.9 Å². The molecule has 0 radical (unpaired) electrons. The Bertz CT molecular complexity index is 987. The lowest BCUT2D eigenvalue weighted by Crippen LogP contribution is -2.30. The second-order valence-electron chi connectivity index (χ2n) is 6.14.